The van der Waals surface area contributed by atoms with E-state index in [1.807, 2.05) is 0 Å². The van der Waals surface area contributed by atoms with E-state index in [4.69, 9.17) is 0 Å². The quantitative estimate of drug-likeness (QED) is 0.473. The van der Waals surface area contributed by atoms with E-state index in [1.165, 1.54) is 0 Å². The van der Waals surface area contributed by atoms with Crippen molar-refractivity contribution in [1.29, 1.82) is 0 Å². The molecule has 2 aliphatic rings. The number of hydrogen-bond acceptors (Lipinski definition) is 0. The van der Waals surface area contributed by atoms with E-state index >= 15 is 0 Å². The molecule has 2 rings (SSSR count). The third kappa shape index (κ3) is 6.14. The Morgan fingerprint density at radius 2 is 0.818 bits per heavy atom. The van der Waals surface area contributed by atoms with Gasteiger partial charge < -0.3 is 0 Å². The molecule has 0 saturated carbocycles. The number of allylic oxidation sites excluding steroid dienone is 8. The molecule has 0 aliphatic heterocycles. The molecule has 0 heterocycles. The number of hydrogen-bond donors (Lipinski definition) is 0. The molecule has 0 radical (unpaired) electrons. The van der Waals surface area contributed by atoms with Gasteiger partial charge in [-0.2, -0.15) is 0 Å². The Morgan fingerprint density at radius 3 is 0.909 bits per heavy atom. The van der Waals surface area contributed by atoms with Crippen molar-refractivity contribution in [2.75, 3.05) is 0 Å². The van der Waals surface area contributed by atoms with Gasteiger partial charge >= 0.3 is 23.1 Å². The summed E-state index contributed by atoms with van der Waals surface area (Å²) in [6, 6.07) is 0. The molecule has 0 atom stereocenters. The Morgan fingerprint density at radius 1 is 0.545 bits per heavy atom. The van der Waals surface area contributed by atoms with Crippen molar-refractivity contribution in [2.24, 2.45) is 0 Å². The van der Waals surface area contributed by atoms with Crippen LogP contribution in [0, 0.1) is 0 Å². The van der Waals surface area contributed by atoms with Crippen molar-refractivity contribution in [3.8, 4) is 0 Å². The number of rotatable bonds is 0. The predicted octanol–water partition coefficient (Wildman–Crippen LogP) is 2.62. The van der Waals surface area contributed by atoms with Crippen LogP contribution >= 0.6 is 0 Å². The van der Waals surface area contributed by atoms with Crippen molar-refractivity contribution in [3.05, 3.63) is 48.6 Å². The van der Waals surface area contributed by atoms with Crippen LogP contribution in [-0.2, 0) is 0 Å². The summed E-state index contributed by atoms with van der Waals surface area (Å²) in [5, 5.41) is 0. The van der Waals surface area contributed by atoms with Gasteiger partial charge in [-0.05, 0) is 12.8 Å². The fourth-order valence-corrected chi connectivity index (χ4v) is 0.786. The van der Waals surface area contributed by atoms with Crippen molar-refractivity contribution in [1.82, 2.24) is 0 Å². The van der Waals surface area contributed by atoms with Crippen LogP contribution in [-0.4, -0.2) is 23.1 Å². The molecule has 0 N–H and O–H groups in total. The van der Waals surface area contributed by atoms with E-state index in [-0.39, 0.29) is 23.1 Å². The van der Waals surface area contributed by atoms with Crippen LogP contribution in [0.4, 0.5) is 0 Å². The molecule has 0 amide bonds. The molecule has 52 valence electrons. The van der Waals surface area contributed by atoms with E-state index in [2.05, 4.69) is 48.6 Å². The first-order chi connectivity index (χ1) is 5.00. The molecular formula is C10H12Mg+2. The summed E-state index contributed by atoms with van der Waals surface area (Å²) in [6.07, 6.45) is 19.0. The fourth-order valence-electron chi connectivity index (χ4n) is 0.786. The second kappa shape index (κ2) is 7.83. The topological polar surface area (TPSA) is 0 Å². The average molecular weight is 157 g/mol. The molecule has 0 aromatic carbocycles. The molecule has 0 bridgehead atoms. The van der Waals surface area contributed by atoms with Gasteiger partial charge in [0, 0.05) is 0 Å². The Balaban J connectivity index is 0.000000167. The first-order valence-electron chi connectivity index (χ1n) is 3.63. The third-order valence-electron chi connectivity index (χ3n) is 1.31. The van der Waals surface area contributed by atoms with Gasteiger partial charge in [0.05, 0.1) is 0 Å². The van der Waals surface area contributed by atoms with E-state index < -0.39 is 0 Å². The molecule has 0 fully saturated rings. The summed E-state index contributed by atoms with van der Waals surface area (Å²) in [4.78, 5) is 0. The Kier molecular flexibility index (Phi) is 7.63. The molecule has 1 heteroatoms. The minimum Gasteiger partial charge on any atom is -0.0808 e. The van der Waals surface area contributed by atoms with Gasteiger partial charge in [-0.3, -0.25) is 0 Å². The van der Waals surface area contributed by atoms with Crippen molar-refractivity contribution in [3.63, 3.8) is 0 Å². The smallest absolute Gasteiger partial charge is 0.0808 e. The second-order valence-corrected chi connectivity index (χ2v) is 2.18. The molecule has 0 aromatic rings. The summed E-state index contributed by atoms with van der Waals surface area (Å²) in [5.41, 5.74) is 0. The van der Waals surface area contributed by atoms with Gasteiger partial charge in [-0.25, -0.2) is 0 Å². The zero-order valence-electron chi connectivity index (χ0n) is 6.74. The molecule has 11 heavy (non-hydrogen) atoms. The Hall–Kier alpha value is -0.274. The summed E-state index contributed by atoms with van der Waals surface area (Å²) >= 11 is 0. The summed E-state index contributed by atoms with van der Waals surface area (Å²) < 4.78 is 0. The normalized spacial score (nSPS) is 16.0. The summed E-state index contributed by atoms with van der Waals surface area (Å²) in [6.45, 7) is 0. The monoisotopic (exact) mass is 156 g/mol. The average Bonchev–Trinajstić information content (AvgIpc) is 2.67. The van der Waals surface area contributed by atoms with Crippen LogP contribution < -0.4 is 0 Å². The maximum absolute atomic E-state index is 2.12. The Bertz CT molecular complexity index is 143. The predicted molar refractivity (Wildman–Crippen MR) is 51.5 cm³/mol. The summed E-state index contributed by atoms with van der Waals surface area (Å²) in [7, 11) is 0. The molecule has 0 spiro atoms. The largest absolute Gasteiger partial charge is 2.00 e. The molecular weight excluding hydrogens is 144 g/mol. The van der Waals surface area contributed by atoms with Crippen molar-refractivity contribution < 1.29 is 0 Å². The van der Waals surface area contributed by atoms with Gasteiger partial charge in [-0.1, -0.05) is 48.6 Å². The Labute approximate surface area is 84.5 Å². The van der Waals surface area contributed by atoms with Crippen LogP contribution in [0.3, 0.4) is 0 Å². The zero-order valence-corrected chi connectivity index (χ0v) is 8.15. The van der Waals surface area contributed by atoms with E-state index in [0.29, 0.717) is 0 Å². The first-order valence-corrected chi connectivity index (χ1v) is 3.63. The van der Waals surface area contributed by atoms with Crippen LogP contribution in [0.15, 0.2) is 48.6 Å². The van der Waals surface area contributed by atoms with Gasteiger partial charge in [-0.15, -0.1) is 0 Å². The maximum atomic E-state index is 2.12. The minimum atomic E-state index is 0. The van der Waals surface area contributed by atoms with Crippen molar-refractivity contribution in [2.45, 2.75) is 12.8 Å². The SMILES string of the molecule is C1=CCC=C1.C1=CCC=C1.[Mg+2]. The van der Waals surface area contributed by atoms with E-state index in [9.17, 15) is 0 Å². The molecule has 0 unspecified atom stereocenters. The third-order valence-corrected chi connectivity index (χ3v) is 1.31. The minimum absolute atomic E-state index is 0. The van der Waals surface area contributed by atoms with Gasteiger partial charge in [0.2, 0.25) is 0 Å². The standard InChI is InChI=1S/2C5H6.Mg/c2*1-2-4-5-3-1;/h2*1-4H,5H2;/q;;+2. The van der Waals surface area contributed by atoms with Gasteiger partial charge in [0.25, 0.3) is 0 Å². The van der Waals surface area contributed by atoms with Gasteiger partial charge in [0.1, 0.15) is 0 Å². The van der Waals surface area contributed by atoms with E-state index in [0.717, 1.165) is 12.8 Å². The van der Waals surface area contributed by atoms with Crippen LogP contribution in [0.2, 0.25) is 0 Å². The van der Waals surface area contributed by atoms with Gasteiger partial charge in [0.15, 0.2) is 0 Å². The molecule has 2 aliphatic carbocycles. The van der Waals surface area contributed by atoms with Crippen LogP contribution in [0.25, 0.3) is 0 Å². The fraction of sp³-hybridized carbons (Fsp3) is 0.200. The van der Waals surface area contributed by atoms with Crippen LogP contribution in [0.5, 0.6) is 0 Å². The molecule has 0 aromatic heterocycles. The van der Waals surface area contributed by atoms with Crippen LogP contribution in [0.1, 0.15) is 12.8 Å². The maximum Gasteiger partial charge on any atom is 2.00 e. The second-order valence-electron chi connectivity index (χ2n) is 2.18. The van der Waals surface area contributed by atoms with Crippen molar-refractivity contribution >= 4 is 23.1 Å². The summed E-state index contributed by atoms with van der Waals surface area (Å²) in [5.74, 6) is 0. The molecule has 0 nitrogen and oxygen atoms in total. The zero-order chi connectivity index (χ0) is 7.07. The molecule has 0 saturated heterocycles. The first kappa shape index (κ1) is 10.7. The van der Waals surface area contributed by atoms with E-state index in [1.54, 1.807) is 0 Å².